The summed E-state index contributed by atoms with van der Waals surface area (Å²) in [5, 5.41) is 25.3. The number of rotatable bonds is 5. The van der Waals surface area contributed by atoms with Crippen LogP contribution in [0.3, 0.4) is 0 Å². The van der Waals surface area contributed by atoms with E-state index < -0.39 is 6.10 Å². The van der Waals surface area contributed by atoms with Crippen molar-refractivity contribution in [3.05, 3.63) is 11.9 Å². The molecule has 0 radical (unpaired) electrons. The summed E-state index contributed by atoms with van der Waals surface area (Å²) < 4.78 is 0. The van der Waals surface area contributed by atoms with E-state index in [4.69, 9.17) is 0 Å². The number of amides is 1. The lowest BCUT2D eigenvalue weighted by atomic mass is 10.2. The maximum atomic E-state index is 11.5. The molecule has 19 heavy (non-hydrogen) atoms. The number of piperazine rings is 1. The first-order valence-corrected chi connectivity index (χ1v) is 6.01. The molecule has 0 aromatic carbocycles. The second-order valence-corrected chi connectivity index (χ2v) is 4.27. The van der Waals surface area contributed by atoms with Crippen molar-refractivity contribution in [3.8, 4) is 0 Å². The monoisotopic (exact) mass is 290 g/mol. The van der Waals surface area contributed by atoms with E-state index in [1.54, 1.807) is 0 Å². The predicted octanol–water partition coefficient (Wildman–Crippen LogP) is -1.78. The van der Waals surface area contributed by atoms with Crippen LogP contribution in [0.2, 0.25) is 0 Å². The van der Waals surface area contributed by atoms with Crippen LogP contribution < -0.4 is 10.6 Å². The van der Waals surface area contributed by atoms with Crippen molar-refractivity contribution in [2.24, 2.45) is 0 Å². The number of carbonyl (C=O) groups excluding carboxylic acids is 1. The highest BCUT2D eigenvalue weighted by molar-refractivity contribution is 5.91. The summed E-state index contributed by atoms with van der Waals surface area (Å²) in [5.41, 5.74) is 0.226. The van der Waals surface area contributed by atoms with Crippen LogP contribution in [-0.2, 0) is 0 Å². The van der Waals surface area contributed by atoms with Crippen LogP contribution in [0.1, 0.15) is 10.5 Å². The van der Waals surface area contributed by atoms with E-state index in [-0.39, 0.29) is 30.6 Å². The Kier molecular flexibility index (Phi) is 6.71. The van der Waals surface area contributed by atoms with Crippen LogP contribution >= 0.6 is 12.4 Å². The average molecular weight is 291 g/mol. The first-order valence-electron chi connectivity index (χ1n) is 6.01. The second-order valence-electron chi connectivity index (χ2n) is 4.27. The highest BCUT2D eigenvalue weighted by Crippen LogP contribution is 1.95. The average Bonchev–Trinajstić information content (AvgIpc) is 2.91. The maximum absolute atomic E-state index is 11.5. The minimum Gasteiger partial charge on any atom is -0.390 e. The number of aliphatic hydroxyl groups is 1. The number of aromatic amines is 1. The molecule has 1 atom stereocenters. The summed E-state index contributed by atoms with van der Waals surface area (Å²) in [6, 6.07) is 0. The second kappa shape index (κ2) is 8.05. The Morgan fingerprint density at radius 1 is 1.53 bits per heavy atom. The van der Waals surface area contributed by atoms with Crippen LogP contribution in [0.25, 0.3) is 0 Å². The highest BCUT2D eigenvalue weighted by atomic mass is 35.5. The van der Waals surface area contributed by atoms with Gasteiger partial charge in [-0.25, -0.2) is 0 Å². The van der Waals surface area contributed by atoms with E-state index in [0.29, 0.717) is 6.54 Å². The number of aliphatic hydroxyl groups excluding tert-OH is 1. The summed E-state index contributed by atoms with van der Waals surface area (Å²) in [5.74, 6) is -0.330. The Morgan fingerprint density at radius 3 is 2.89 bits per heavy atom. The number of nitrogens with zero attached hydrogens (tertiary/aromatic N) is 3. The zero-order valence-electron chi connectivity index (χ0n) is 10.5. The van der Waals surface area contributed by atoms with Crippen LogP contribution in [0, 0.1) is 0 Å². The van der Waals surface area contributed by atoms with E-state index in [2.05, 4.69) is 30.9 Å². The Labute approximate surface area is 117 Å². The minimum atomic E-state index is -0.570. The quantitative estimate of drug-likeness (QED) is 0.511. The van der Waals surface area contributed by atoms with Crippen LogP contribution in [-0.4, -0.2) is 76.7 Å². The van der Waals surface area contributed by atoms with E-state index in [0.717, 1.165) is 26.2 Å². The standard InChI is InChI=1S/C10H18N6O2.ClH/c17-8(7-16-3-1-11-2-4-16)5-12-10(18)9-6-13-15-14-9;/h6,8,11,17H,1-5,7H2,(H,12,18)(H,13,14,15);1H. The van der Waals surface area contributed by atoms with Gasteiger partial charge in [-0.15, -0.1) is 12.4 Å². The molecule has 1 amide bonds. The lowest BCUT2D eigenvalue weighted by Gasteiger charge is -2.29. The van der Waals surface area contributed by atoms with Gasteiger partial charge in [0.15, 0.2) is 5.69 Å². The molecule has 1 fully saturated rings. The molecule has 1 aromatic heterocycles. The number of halogens is 1. The molecule has 0 aliphatic carbocycles. The number of β-amino-alcohol motifs (C(OH)–C–C–N with tert-alkyl or cyclic N) is 1. The largest absolute Gasteiger partial charge is 0.390 e. The topological polar surface area (TPSA) is 106 Å². The summed E-state index contributed by atoms with van der Waals surface area (Å²) in [6.45, 7) is 4.52. The fraction of sp³-hybridized carbons (Fsp3) is 0.700. The fourth-order valence-corrected chi connectivity index (χ4v) is 1.87. The Balaban J connectivity index is 0.00000180. The van der Waals surface area contributed by atoms with Gasteiger partial charge in [-0.3, -0.25) is 9.69 Å². The van der Waals surface area contributed by atoms with Gasteiger partial charge in [0.2, 0.25) is 0 Å². The van der Waals surface area contributed by atoms with Gasteiger partial charge in [-0.2, -0.15) is 15.4 Å². The van der Waals surface area contributed by atoms with Crippen molar-refractivity contribution in [3.63, 3.8) is 0 Å². The summed E-state index contributed by atoms with van der Waals surface area (Å²) in [7, 11) is 0. The Bertz CT molecular complexity index is 368. The van der Waals surface area contributed by atoms with Crippen LogP contribution in [0.5, 0.6) is 0 Å². The minimum absolute atomic E-state index is 0. The fourth-order valence-electron chi connectivity index (χ4n) is 1.87. The van der Waals surface area contributed by atoms with Crippen molar-refractivity contribution < 1.29 is 9.90 Å². The van der Waals surface area contributed by atoms with Crippen molar-refractivity contribution in [1.82, 2.24) is 30.9 Å². The molecule has 1 aromatic rings. The molecular weight excluding hydrogens is 272 g/mol. The summed E-state index contributed by atoms with van der Waals surface area (Å²) in [6.07, 6.45) is 0.775. The lowest BCUT2D eigenvalue weighted by Crippen LogP contribution is -2.48. The highest BCUT2D eigenvalue weighted by Gasteiger charge is 2.15. The Hall–Kier alpha value is -1.22. The molecule has 108 valence electrons. The third-order valence-corrected chi connectivity index (χ3v) is 2.82. The van der Waals surface area contributed by atoms with Gasteiger partial charge < -0.3 is 15.7 Å². The smallest absolute Gasteiger partial charge is 0.273 e. The summed E-state index contributed by atoms with van der Waals surface area (Å²) in [4.78, 5) is 13.7. The zero-order valence-corrected chi connectivity index (χ0v) is 11.3. The first-order chi connectivity index (χ1) is 8.75. The molecule has 2 heterocycles. The van der Waals surface area contributed by atoms with Gasteiger partial charge in [0.1, 0.15) is 0 Å². The third kappa shape index (κ3) is 5.11. The van der Waals surface area contributed by atoms with E-state index in [1.807, 2.05) is 0 Å². The molecule has 8 nitrogen and oxygen atoms in total. The van der Waals surface area contributed by atoms with Gasteiger partial charge in [-0.05, 0) is 0 Å². The molecule has 9 heteroatoms. The van der Waals surface area contributed by atoms with Crippen molar-refractivity contribution in [1.29, 1.82) is 0 Å². The number of hydrogen-bond acceptors (Lipinski definition) is 6. The molecule has 0 saturated carbocycles. The number of H-pyrrole nitrogens is 1. The molecule has 0 spiro atoms. The molecule has 1 saturated heterocycles. The lowest BCUT2D eigenvalue weighted by molar-refractivity contribution is 0.0838. The summed E-state index contributed by atoms with van der Waals surface area (Å²) >= 11 is 0. The molecule has 1 aliphatic rings. The predicted molar refractivity (Wildman–Crippen MR) is 71.3 cm³/mol. The molecule has 0 bridgehead atoms. The number of hydrogen-bond donors (Lipinski definition) is 4. The number of nitrogens with one attached hydrogen (secondary N) is 3. The zero-order chi connectivity index (χ0) is 12.8. The maximum Gasteiger partial charge on any atom is 0.273 e. The molecule has 1 unspecified atom stereocenters. The molecule has 4 N–H and O–H groups in total. The number of carbonyl (C=O) groups is 1. The van der Waals surface area contributed by atoms with Gasteiger partial charge >= 0.3 is 0 Å². The van der Waals surface area contributed by atoms with Crippen LogP contribution in [0.4, 0.5) is 0 Å². The van der Waals surface area contributed by atoms with Crippen molar-refractivity contribution in [2.75, 3.05) is 39.3 Å². The first kappa shape index (κ1) is 15.8. The van der Waals surface area contributed by atoms with E-state index in [9.17, 15) is 9.90 Å². The van der Waals surface area contributed by atoms with Gasteiger partial charge in [0.25, 0.3) is 5.91 Å². The molecular formula is C10H19ClN6O2. The molecule has 1 aliphatic heterocycles. The molecule has 2 rings (SSSR count). The normalized spacial score (nSPS) is 17.5. The SMILES string of the molecule is Cl.O=C(NCC(O)CN1CCNCC1)c1cn[nH]n1. The van der Waals surface area contributed by atoms with Crippen molar-refractivity contribution in [2.45, 2.75) is 6.10 Å². The van der Waals surface area contributed by atoms with Gasteiger partial charge in [0.05, 0.1) is 12.3 Å². The van der Waals surface area contributed by atoms with Crippen molar-refractivity contribution >= 4 is 18.3 Å². The number of aromatic nitrogens is 3. The third-order valence-electron chi connectivity index (χ3n) is 2.82. The Morgan fingerprint density at radius 2 is 2.26 bits per heavy atom. The van der Waals surface area contributed by atoms with E-state index >= 15 is 0 Å². The van der Waals surface area contributed by atoms with Gasteiger partial charge in [-0.1, -0.05) is 0 Å². The van der Waals surface area contributed by atoms with Gasteiger partial charge in [0, 0.05) is 39.3 Å². The van der Waals surface area contributed by atoms with E-state index in [1.165, 1.54) is 6.20 Å². The van der Waals surface area contributed by atoms with Crippen LogP contribution in [0.15, 0.2) is 6.20 Å².